The van der Waals surface area contributed by atoms with Crippen molar-refractivity contribution < 1.29 is 4.74 Å². The molecule has 0 aliphatic carbocycles. The summed E-state index contributed by atoms with van der Waals surface area (Å²) >= 11 is 6.13. The monoisotopic (exact) mass is 323 g/mol. The summed E-state index contributed by atoms with van der Waals surface area (Å²) in [6, 6.07) is 5.96. The molecule has 124 valence electrons. The molecule has 0 amide bonds. The fraction of sp³-hybridized carbons (Fsp3) is 0.684. The maximum Gasteiger partial charge on any atom is 0.123 e. The van der Waals surface area contributed by atoms with E-state index in [1.807, 2.05) is 18.2 Å². The van der Waals surface area contributed by atoms with E-state index in [1.54, 1.807) is 0 Å². The number of piperidine rings is 1. The first-order chi connectivity index (χ1) is 10.5. The molecule has 0 bridgehead atoms. The predicted octanol–water partition coefficient (Wildman–Crippen LogP) is 5.28. The van der Waals surface area contributed by atoms with Crippen molar-refractivity contribution in [3.63, 3.8) is 0 Å². The SMILES string of the molecule is CC(C)(C)c1cc(Cl)ccc1OCCCCN1CCCCC1. The van der Waals surface area contributed by atoms with E-state index in [2.05, 4.69) is 25.7 Å². The van der Waals surface area contributed by atoms with E-state index in [9.17, 15) is 0 Å². The second-order valence-electron chi connectivity index (χ2n) is 7.35. The van der Waals surface area contributed by atoms with Gasteiger partial charge in [-0.15, -0.1) is 0 Å². The first-order valence-electron chi connectivity index (χ1n) is 8.62. The van der Waals surface area contributed by atoms with Crippen molar-refractivity contribution in [2.75, 3.05) is 26.2 Å². The number of benzene rings is 1. The molecular weight excluding hydrogens is 294 g/mol. The van der Waals surface area contributed by atoms with Crippen LogP contribution in [-0.2, 0) is 5.41 Å². The zero-order valence-electron chi connectivity index (χ0n) is 14.3. The van der Waals surface area contributed by atoms with Crippen molar-refractivity contribution >= 4 is 11.6 Å². The quantitative estimate of drug-likeness (QED) is 0.660. The molecule has 0 atom stereocenters. The van der Waals surface area contributed by atoms with Gasteiger partial charge in [0.05, 0.1) is 6.61 Å². The highest BCUT2D eigenvalue weighted by Gasteiger charge is 2.19. The Morgan fingerprint density at radius 1 is 1.09 bits per heavy atom. The summed E-state index contributed by atoms with van der Waals surface area (Å²) in [4.78, 5) is 2.59. The molecule has 1 heterocycles. The molecule has 3 heteroatoms. The molecule has 1 saturated heterocycles. The van der Waals surface area contributed by atoms with Crippen molar-refractivity contribution in [1.29, 1.82) is 0 Å². The molecule has 1 aliphatic rings. The van der Waals surface area contributed by atoms with Gasteiger partial charge in [-0.1, -0.05) is 38.8 Å². The zero-order valence-corrected chi connectivity index (χ0v) is 15.1. The van der Waals surface area contributed by atoms with Crippen LogP contribution in [0.15, 0.2) is 18.2 Å². The molecule has 2 rings (SSSR count). The molecule has 0 N–H and O–H groups in total. The third-order valence-electron chi connectivity index (χ3n) is 4.32. The van der Waals surface area contributed by atoms with Crippen molar-refractivity contribution in [3.05, 3.63) is 28.8 Å². The normalized spacial score (nSPS) is 16.7. The minimum absolute atomic E-state index is 0.0496. The summed E-state index contributed by atoms with van der Waals surface area (Å²) in [5.74, 6) is 0.981. The van der Waals surface area contributed by atoms with Gasteiger partial charge in [0.25, 0.3) is 0 Å². The number of likely N-dealkylation sites (tertiary alicyclic amines) is 1. The zero-order chi connectivity index (χ0) is 16.0. The van der Waals surface area contributed by atoms with E-state index in [-0.39, 0.29) is 5.41 Å². The molecule has 0 radical (unpaired) electrons. The van der Waals surface area contributed by atoms with Crippen LogP contribution >= 0.6 is 11.6 Å². The van der Waals surface area contributed by atoms with Gasteiger partial charge in [0.2, 0.25) is 0 Å². The maximum absolute atomic E-state index is 6.13. The first-order valence-corrected chi connectivity index (χ1v) is 9.00. The third-order valence-corrected chi connectivity index (χ3v) is 4.56. The van der Waals surface area contributed by atoms with Crippen LogP contribution in [0.2, 0.25) is 5.02 Å². The Hall–Kier alpha value is -0.730. The van der Waals surface area contributed by atoms with Crippen LogP contribution in [-0.4, -0.2) is 31.1 Å². The lowest BCUT2D eigenvalue weighted by molar-refractivity contribution is 0.215. The van der Waals surface area contributed by atoms with Gasteiger partial charge in [0, 0.05) is 10.6 Å². The van der Waals surface area contributed by atoms with E-state index in [4.69, 9.17) is 16.3 Å². The van der Waals surface area contributed by atoms with Gasteiger partial charge < -0.3 is 9.64 Å². The fourth-order valence-corrected chi connectivity index (χ4v) is 3.19. The molecular formula is C19H30ClNO. The summed E-state index contributed by atoms with van der Waals surface area (Å²) in [6.45, 7) is 11.2. The largest absolute Gasteiger partial charge is 0.493 e. The van der Waals surface area contributed by atoms with Gasteiger partial charge in [-0.2, -0.15) is 0 Å². The number of nitrogens with zero attached hydrogens (tertiary/aromatic N) is 1. The first kappa shape index (κ1) is 17.6. The Balaban J connectivity index is 1.77. The van der Waals surface area contributed by atoms with Gasteiger partial charge in [0.1, 0.15) is 5.75 Å². The topological polar surface area (TPSA) is 12.5 Å². The van der Waals surface area contributed by atoms with E-state index < -0.39 is 0 Å². The van der Waals surface area contributed by atoms with Crippen molar-refractivity contribution in [2.24, 2.45) is 0 Å². The van der Waals surface area contributed by atoms with E-state index in [1.165, 1.54) is 50.9 Å². The van der Waals surface area contributed by atoms with Crippen LogP contribution in [0.4, 0.5) is 0 Å². The van der Waals surface area contributed by atoms with Crippen LogP contribution in [0.25, 0.3) is 0 Å². The van der Waals surface area contributed by atoms with E-state index in [0.717, 1.165) is 23.8 Å². The van der Waals surface area contributed by atoms with Crippen LogP contribution in [0.5, 0.6) is 5.75 Å². The van der Waals surface area contributed by atoms with Crippen LogP contribution in [0.3, 0.4) is 0 Å². The Bertz CT molecular complexity index is 461. The van der Waals surface area contributed by atoms with Gasteiger partial charge in [-0.05, 0) is 68.9 Å². The van der Waals surface area contributed by atoms with Gasteiger partial charge in [-0.3, -0.25) is 0 Å². The molecule has 1 aromatic carbocycles. The third kappa shape index (κ3) is 5.48. The van der Waals surface area contributed by atoms with Gasteiger partial charge in [-0.25, -0.2) is 0 Å². The average molecular weight is 324 g/mol. The summed E-state index contributed by atoms with van der Waals surface area (Å²) in [5, 5.41) is 0.780. The Morgan fingerprint density at radius 2 is 1.82 bits per heavy atom. The van der Waals surface area contributed by atoms with Crippen molar-refractivity contribution in [1.82, 2.24) is 4.90 Å². The standard InChI is InChI=1S/C19H30ClNO/c1-19(2,3)17-15-16(20)9-10-18(17)22-14-8-7-13-21-11-5-4-6-12-21/h9-10,15H,4-8,11-14H2,1-3H3. The molecule has 2 nitrogen and oxygen atoms in total. The molecule has 0 unspecified atom stereocenters. The number of hydrogen-bond acceptors (Lipinski definition) is 2. The Morgan fingerprint density at radius 3 is 2.50 bits per heavy atom. The molecule has 1 aliphatic heterocycles. The second-order valence-corrected chi connectivity index (χ2v) is 7.78. The van der Waals surface area contributed by atoms with E-state index >= 15 is 0 Å². The summed E-state index contributed by atoms with van der Waals surface area (Å²) in [5.41, 5.74) is 1.24. The number of hydrogen-bond donors (Lipinski definition) is 0. The van der Waals surface area contributed by atoms with Crippen LogP contribution < -0.4 is 4.74 Å². The Kier molecular flexibility index (Phi) is 6.58. The van der Waals surface area contributed by atoms with E-state index in [0.29, 0.717) is 0 Å². The lowest BCUT2D eigenvalue weighted by Gasteiger charge is -2.26. The average Bonchev–Trinajstić information content (AvgIpc) is 2.48. The summed E-state index contributed by atoms with van der Waals surface area (Å²) in [6.07, 6.45) is 6.49. The smallest absolute Gasteiger partial charge is 0.123 e. The number of unbranched alkanes of at least 4 members (excludes halogenated alkanes) is 1. The maximum atomic E-state index is 6.13. The summed E-state index contributed by atoms with van der Waals surface area (Å²) in [7, 11) is 0. The van der Waals surface area contributed by atoms with Gasteiger partial charge in [0.15, 0.2) is 0 Å². The highest BCUT2D eigenvalue weighted by atomic mass is 35.5. The molecule has 1 fully saturated rings. The highest BCUT2D eigenvalue weighted by Crippen LogP contribution is 2.33. The van der Waals surface area contributed by atoms with Gasteiger partial charge >= 0.3 is 0 Å². The molecule has 22 heavy (non-hydrogen) atoms. The Labute approximate surface area is 140 Å². The molecule has 0 saturated carbocycles. The summed E-state index contributed by atoms with van der Waals surface area (Å²) < 4.78 is 6.03. The lowest BCUT2D eigenvalue weighted by atomic mass is 9.86. The minimum Gasteiger partial charge on any atom is -0.493 e. The number of ether oxygens (including phenoxy) is 1. The van der Waals surface area contributed by atoms with Crippen molar-refractivity contribution in [3.8, 4) is 5.75 Å². The number of rotatable bonds is 6. The van der Waals surface area contributed by atoms with Crippen LogP contribution in [0, 0.1) is 0 Å². The fourth-order valence-electron chi connectivity index (χ4n) is 3.02. The second kappa shape index (κ2) is 8.21. The highest BCUT2D eigenvalue weighted by molar-refractivity contribution is 6.30. The molecule has 0 spiro atoms. The van der Waals surface area contributed by atoms with Crippen molar-refractivity contribution in [2.45, 2.75) is 58.3 Å². The lowest BCUT2D eigenvalue weighted by Crippen LogP contribution is -2.30. The van der Waals surface area contributed by atoms with Crippen LogP contribution in [0.1, 0.15) is 58.4 Å². The number of halogens is 1. The molecule has 1 aromatic rings. The molecule has 0 aromatic heterocycles. The minimum atomic E-state index is 0.0496. The predicted molar refractivity (Wildman–Crippen MR) is 95.2 cm³/mol.